The van der Waals surface area contributed by atoms with Gasteiger partial charge in [0.25, 0.3) is 5.91 Å². The van der Waals surface area contributed by atoms with Crippen LogP contribution in [0, 0.1) is 6.92 Å². The molecule has 2 heterocycles. The Labute approximate surface area is 134 Å². The molecule has 4 rings (SSSR count). The lowest BCUT2D eigenvalue weighted by Crippen LogP contribution is -2.31. The molecule has 0 saturated heterocycles. The molecule has 0 fully saturated rings. The van der Waals surface area contributed by atoms with Gasteiger partial charge in [0.1, 0.15) is 11.3 Å². The van der Waals surface area contributed by atoms with Gasteiger partial charge in [0.2, 0.25) is 0 Å². The third-order valence-corrected chi connectivity index (χ3v) is 4.50. The lowest BCUT2D eigenvalue weighted by Gasteiger charge is -2.25. The first-order valence-corrected chi connectivity index (χ1v) is 7.97. The van der Waals surface area contributed by atoms with Crippen molar-refractivity contribution in [2.75, 3.05) is 0 Å². The highest BCUT2D eigenvalue weighted by Gasteiger charge is 2.25. The van der Waals surface area contributed by atoms with Crippen molar-refractivity contribution in [2.45, 2.75) is 32.2 Å². The van der Waals surface area contributed by atoms with E-state index in [1.807, 2.05) is 37.3 Å². The van der Waals surface area contributed by atoms with Gasteiger partial charge in [-0.3, -0.25) is 9.78 Å². The van der Waals surface area contributed by atoms with E-state index >= 15 is 0 Å². The van der Waals surface area contributed by atoms with Crippen LogP contribution in [-0.2, 0) is 6.42 Å². The van der Waals surface area contributed by atoms with E-state index in [9.17, 15) is 4.79 Å². The molecule has 0 saturated carbocycles. The smallest absolute Gasteiger partial charge is 0.255 e. The molecule has 0 aliphatic heterocycles. The molecule has 2 aromatic heterocycles. The average Bonchev–Trinajstić information content (AvgIpc) is 2.91. The van der Waals surface area contributed by atoms with Gasteiger partial charge in [-0.05, 0) is 43.9 Å². The summed E-state index contributed by atoms with van der Waals surface area (Å²) in [5, 5.41) is 4.01. The van der Waals surface area contributed by atoms with Gasteiger partial charge in [0.05, 0.1) is 17.3 Å². The molecule has 0 unspecified atom stereocenters. The van der Waals surface area contributed by atoms with Crippen LogP contribution in [0.4, 0.5) is 0 Å². The van der Waals surface area contributed by atoms with E-state index < -0.39 is 0 Å². The van der Waals surface area contributed by atoms with Crippen LogP contribution < -0.4 is 5.32 Å². The quantitative estimate of drug-likeness (QED) is 0.780. The summed E-state index contributed by atoms with van der Waals surface area (Å²) in [7, 11) is 0. The molecule has 3 aromatic rings. The Morgan fingerprint density at radius 1 is 1.26 bits per heavy atom. The van der Waals surface area contributed by atoms with Crippen molar-refractivity contribution in [3.05, 3.63) is 65.2 Å². The zero-order valence-corrected chi connectivity index (χ0v) is 13.0. The van der Waals surface area contributed by atoms with Gasteiger partial charge < -0.3 is 9.73 Å². The van der Waals surface area contributed by atoms with Crippen LogP contribution in [-0.4, -0.2) is 10.9 Å². The standard InChI is InChI=1S/C19H18N2O2/c1-12-17(14-8-2-3-10-16(14)23-12)19(22)21-15-9-4-6-13-7-5-11-20-18(13)15/h2-3,5,7-8,10-11,15H,4,6,9H2,1H3,(H,21,22)/t15-/m0/s1. The number of hydrogen-bond donors (Lipinski definition) is 1. The number of carbonyl (C=O) groups is 1. The summed E-state index contributed by atoms with van der Waals surface area (Å²) in [5.41, 5.74) is 3.61. The number of pyridine rings is 1. The third kappa shape index (κ3) is 2.40. The lowest BCUT2D eigenvalue weighted by molar-refractivity contribution is 0.0931. The molecule has 1 aromatic carbocycles. The van der Waals surface area contributed by atoms with Crippen molar-refractivity contribution in [1.82, 2.24) is 10.3 Å². The maximum atomic E-state index is 12.8. The fourth-order valence-electron chi connectivity index (χ4n) is 3.43. The highest BCUT2D eigenvalue weighted by Crippen LogP contribution is 2.30. The van der Waals surface area contributed by atoms with Crippen molar-refractivity contribution in [3.63, 3.8) is 0 Å². The molecule has 1 aliphatic carbocycles. The number of para-hydroxylation sites is 1. The zero-order valence-electron chi connectivity index (χ0n) is 13.0. The molecule has 0 bridgehead atoms. The van der Waals surface area contributed by atoms with E-state index in [-0.39, 0.29) is 11.9 Å². The van der Waals surface area contributed by atoms with E-state index in [2.05, 4.69) is 16.4 Å². The Morgan fingerprint density at radius 2 is 2.13 bits per heavy atom. The number of carbonyl (C=O) groups excluding carboxylic acids is 1. The number of amides is 1. The predicted molar refractivity (Wildman–Crippen MR) is 88.3 cm³/mol. The highest BCUT2D eigenvalue weighted by atomic mass is 16.3. The van der Waals surface area contributed by atoms with Gasteiger partial charge in [0.15, 0.2) is 0 Å². The molecule has 1 aliphatic rings. The second-order valence-corrected chi connectivity index (χ2v) is 6.00. The number of furan rings is 1. The Kier molecular flexibility index (Phi) is 3.37. The molecule has 4 heteroatoms. The summed E-state index contributed by atoms with van der Waals surface area (Å²) in [6, 6.07) is 11.7. The summed E-state index contributed by atoms with van der Waals surface area (Å²) >= 11 is 0. The van der Waals surface area contributed by atoms with Gasteiger partial charge in [-0.25, -0.2) is 0 Å². The van der Waals surface area contributed by atoms with E-state index in [4.69, 9.17) is 4.42 Å². The van der Waals surface area contributed by atoms with Gasteiger partial charge in [0, 0.05) is 11.6 Å². The number of aryl methyl sites for hydroxylation is 2. The van der Waals surface area contributed by atoms with Crippen LogP contribution in [0.2, 0.25) is 0 Å². The zero-order chi connectivity index (χ0) is 15.8. The number of hydrogen-bond acceptors (Lipinski definition) is 3. The largest absolute Gasteiger partial charge is 0.461 e. The van der Waals surface area contributed by atoms with E-state index in [0.29, 0.717) is 11.3 Å². The Balaban J connectivity index is 1.67. The SMILES string of the molecule is Cc1oc2ccccc2c1C(=O)N[C@H]1CCCc2cccnc21. The Morgan fingerprint density at radius 3 is 3.04 bits per heavy atom. The van der Waals surface area contributed by atoms with Gasteiger partial charge >= 0.3 is 0 Å². The number of benzene rings is 1. The molecule has 1 atom stereocenters. The van der Waals surface area contributed by atoms with Gasteiger partial charge in [-0.2, -0.15) is 0 Å². The van der Waals surface area contributed by atoms with Gasteiger partial charge in [-0.15, -0.1) is 0 Å². The average molecular weight is 306 g/mol. The molecule has 0 spiro atoms. The fourth-order valence-corrected chi connectivity index (χ4v) is 3.43. The summed E-state index contributed by atoms with van der Waals surface area (Å²) in [6.45, 7) is 1.84. The molecule has 4 nitrogen and oxygen atoms in total. The summed E-state index contributed by atoms with van der Waals surface area (Å²) in [6.07, 6.45) is 4.81. The maximum absolute atomic E-state index is 12.8. The number of fused-ring (bicyclic) bond motifs is 2. The maximum Gasteiger partial charge on any atom is 0.255 e. The summed E-state index contributed by atoms with van der Waals surface area (Å²) in [5.74, 6) is 0.566. The minimum atomic E-state index is -0.0871. The van der Waals surface area contributed by atoms with Crippen LogP contribution in [0.1, 0.15) is 46.3 Å². The first-order valence-electron chi connectivity index (χ1n) is 7.97. The minimum Gasteiger partial charge on any atom is -0.461 e. The molecular formula is C19H18N2O2. The van der Waals surface area contributed by atoms with Crippen molar-refractivity contribution in [3.8, 4) is 0 Å². The molecule has 23 heavy (non-hydrogen) atoms. The molecule has 0 radical (unpaired) electrons. The van der Waals surface area contributed by atoms with E-state index in [0.717, 1.165) is 35.9 Å². The molecule has 1 amide bonds. The number of rotatable bonds is 2. The normalized spacial score (nSPS) is 17.0. The second-order valence-electron chi connectivity index (χ2n) is 6.00. The van der Waals surface area contributed by atoms with Crippen LogP contribution in [0.3, 0.4) is 0 Å². The summed E-state index contributed by atoms with van der Waals surface area (Å²) in [4.78, 5) is 17.3. The predicted octanol–water partition coefficient (Wildman–Crippen LogP) is 3.94. The van der Waals surface area contributed by atoms with Crippen molar-refractivity contribution in [1.29, 1.82) is 0 Å². The van der Waals surface area contributed by atoms with E-state index in [1.54, 1.807) is 6.20 Å². The van der Waals surface area contributed by atoms with Crippen LogP contribution in [0.5, 0.6) is 0 Å². The van der Waals surface area contributed by atoms with Crippen molar-refractivity contribution < 1.29 is 9.21 Å². The Hall–Kier alpha value is -2.62. The molecular weight excluding hydrogens is 288 g/mol. The fraction of sp³-hybridized carbons (Fsp3) is 0.263. The van der Waals surface area contributed by atoms with E-state index in [1.165, 1.54) is 5.56 Å². The first kappa shape index (κ1) is 14.0. The van der Waals surface area contributed by atoms with Crippen molar-refractivity contribution >= 4 is 16.9 Å². The topological polar surface area (TPSA) is 55.1 Å². The number of aromatic nitrogens is 1. The first-order chi connectivity index (χ1) is 11.2. The Bertz CT molecular complexity index is 882. The number of nitrogens with zero attached hydrogens (tertiary/aromatic N) is 1. The number of nitrogens with one attached hydrogen (secondary N) is 1. The highest BCUT2D eigenvalue weighted by molar-refractivity contribution is 6.07. The van der Waals surface area contributed by atoms with Crippen LogP contribution in [0.15, 0.2) is 47.0 Å². The van der Waals surface area contributed by atoms with Crippen molar-refractivity contribution in [2.24, 2.45) is 0 Å². The van der Waals surface area contributed by atoms with Gasteiger partial charge in [-0.1, -0.05) is 24.3 Å². The minimum absolute atomic E-state index is 0.0273. The molecule has 116 valence electrons. The van der Waals surface area contributed by atoms with Crippen LogP contribution in [0.25, 0.3) is 11.0 Å². The second kappa shape index (κ2) is 5.54. The lowest BCUT2D eigenvalue weighted by atomic mass is 9.91. The monoisotopic (exact) mass is 306 g/mol. The molecule has 1 N–H and O–H groups in total. The van der Waals surface area contributed by atoms with Crippen LogP contribution >= 0.6 is 0 Å². The third-order valence-electron chi connectivity index (χ3n) is 4.50. The summed E-state index contributed by atoms with van der Waals surface area (Å²) < 4.78 is 5.70.